The van der Waals surface area contributed by atoms with E-state index in [1.165, 1.54) is 12.1 Å². The summed E-state index contributed by atoms with van der Waals surface area (Å²) < 4.78 is 15.5. The van der Waals surface area contributed by atoms with E-state index in [4.69, 9.17) is 0 Å². The highest BCUT2D eigenvalue weighted by Gasteiger charge is 2.13. The standard InChI is InChI=1S/C21H17FN4O/c1-14-25-19-11-15(21(27)24-13-17-6-2-3-10-23-17)8-9-20(19)26(14)18-7-4-5-16(22)12-18/h2-12H,13H2,1H3,(H,24,27). The van der Waals surface area contributed by atoms with Gasteiger partial charge in [-0.2, -0.15) is 0 Å². The summed E-state index contributed by atoms with van der Waals surface area (Å²) in [6.07, 6.45) is 1.69. The maximum absolute atomic E-state index is 13.6. The molecule has 1 N–H and O–H groups in total. The van der Waals surface area contributed by atoms with Crippen LogP contribution in [0.25, 0.3) is 16.7 Å². The van der Waals surface area contributed by atoms with Crippen molar-refractivity contribution < 1.29 is 9.18 Å². The van der Waals surface area contributed by atoms with Gasteiger partial charge in [0.2, 0.25) is 0 Å². The van der Waals surface area contributed by atoms with E-state index in [1.54, 1.807) is 24.4 Å². The third-order valence-corrected chi connectivity index (χ3v) is 4.31. The van der Waals surface area contributed by atoms with Gasteiger partial charge >= 0.3 is 0 Å². The van der Waals surface area contributed by atoms with E-state index in [1.807, 2.05) is 41.8 Å². The molecule has 0 unspecified atom stereocenters. The number of pyridine rings is 1. The number of nitrogens with zero attached hydrogens (tertiary/aromatic N) is 3. The molecule has 0 saturated carbocycles. The zero-order valence-corrected chi connectivity index (χ0v) is 14.7. The second kappa shape index (κ2) is 6.99. The summed E-state index contributed by atoms with van der Waals surface area (Å²) in [5, 5.41) is 2.85. The van der Waals surface area contributed by atoms with Gasteiger partial charge in [0.05, 0.1) is 29.0 Å². The number of aromatic nitrogens is 3. The second-order valence-electron chi connectivity index (χ2n) is 6.18. The second-order valence-corrected chi connectivity index (χ2v) is 6.18. The van der Waals surface area contributed by atoms with Crippen molar-refractivity contribution in [2.75, 3.05) is 0 Å². The summed E-state index contributed by atoms with van der Waals surface area (Å²) in [7, 11) is 0. The Morgan fingerprint density at radius 1 is 1.11 bits per heavy atom. The van der Waals surface area contributed by atoms with Crippen molar-refractivity contribution in [3.8, 4) is 5.69 Å². The Balaban J connectivity index is 1.62. The number of aryl methyl sites for hydroxylation is 1. The number of benzene rings is 2. The lowest BCUT2D eigenvalue weighted by Gasteiger charge is -2.08. The van der Waals surface area contributed by atoms with Crippen LogP contribution in [0, 0.1) is 12.7 Å². The van der Waals surface area contributed by atoms with Crippen molar-refractivity contribution in [2.24, 2.45) is 0 Å². The average molecular weight is 360 g/mol. The summed E-state index contributed by atoms with van der Waals surface area (Å²) in [4.78, 5) is 21.2. The zero-order valence-electron chi connectivity index (χ0n) is 14.7. The molecule has 2 aromatic heterocycles. The van der Waals surface area contributed by atoms with E-state index in [-0.39, 0.29) is 11.7 Å². The van der Waals surface area contributed by atoms with Crippen LogP contribution >= 0.6 is 0 Å². The highest BCUT2D eigenvalue weighted by atomic mass is 19.1. The van der Waals surface area contributed by atoms with Gasteiger partial charge in [-0.1, -0.05) is 12.1 Å². The third-order valence-electron chi connectivity index (χ3n) is 4.31. The van der Waals surface area contributed by atoms with Crippen LogP contribution < -0.4 is 5.32 Å². The van der Waals surface area contributed by atoms with Gasteiger partial charge in [0, 0.05) is 11.8 Å². The first kappa shape index (κ1) is 16.9. The first-order chi connectivity index (χ1) is 13.1. The fourth-order valence-electron chi connectivity index (χ4n) is 3.06. The topological polar surface area (TPSA) is 59.8 Å². The predicted molar refractivity (Wildman–Crippen MR) is 101 cm³/mol. The summed E-state index contributed by atoms with van der Waals surface area (Å²) in [5.41, 5.74) is 3.50. The molecular weight excluding hydrogens is 343 g/mol. The van der Waals surface area contributed by atoms with E-state index in [0.717, 1.165) is 17.0 Å². The van der Waals surface area contributed by atoms with E-state index >= 15 is 0 Å². The van der Waals surface area contributed by atoms with Gasteiger partial charge in [-0.15, -0.1) is 0 Å². The molecule has 2 aromatic carbocycles. The molecule has 6 heteroatoms. The van der Waals surface area contributed by atoms with Crippen molar-refractivity contribution in [2.45, 2.75) is 13.5 Å². The Morgan fingerprint density at radius 3 is 2.78 bits per heavy atom. The molecule has 4 rings (SSSR count). The van der Waals surface area contributed by atoms with Crippen LogP contribution in [0.15, 0.2) is 66.9 Å². The monoisotopic (exact) mass is 360 g/mol. The number of rotatable bonds is 4. The SMILES string of the molecule is Cc1nc2cc(C(=O)NCc3ccccn3)ccc2n1-c1cccc(F)c1. The lowest BCUT2D eigenvalue weighted by molar-refractivity contribution is 0.0950. The Hall–Kier alpha value is -3.54. The number of halogens is 1. The number of carbonyl (C=O) groups excluding carboxylic acids is 1. The van der Waals surface area contributed by atoms with Gasteiger partial charge in [0.1, 0.15) is 11.6 Å². The van der Waals surface area contributed by atoms with Gasteiger partial charge in [0.25, 0.3) is 5.91 Å². The Morgan fingerprint density at radius 2 is 2.00 bits per heavy atom. The van der Waals surface area contributed by atoms with Crippen molar-refractivity contribution in [3.63, 3.8) is 0 Å². The van der Waals surface area contributed by atoms with Crippen molar-refractivity contribution in [1.29, 1.82) is 0 Å². The molecule has 0 fully saturated rings. The molecule has 0 saturated heterocycles. The van der Waals surface area contributed by atoms with Crippen LogP contribution in [-0.4, -0.2) is 20.4 Å². The minimum atomic E-state index is -0.306. The van der Waals surface area contributed by atoms with E-state index in [9.17, 15) is 9.18 Å². The van der Waals surface area contributed by atoms with Crippen molar-refractivity contribution in [3.05, 3.63) is 89.8 Å². The molecule has 2 heterocycles. The van der Waals surface area contributed by atoms with E-state index < -0.39 is 0 Å². The molecule has 0 aliphatic carbocycles. The third kappa shape index (κ3) is 3.42. The molecular formula is C21H17FN4O. The molecule has 0 spiro atoms. The lowest BCUT2D eigenvalue weighted by atomic mass is 10.2. The van der Waals surface area contributed by atoms with Crippen LogP contribution in [0.1, 0.15) is 21.9 Å². The smallest absolute Gasteiger partial charge is 0.251 e. The average Bonchev–Trinajstić information content (AvgIpc) is 3.01. The molecule has 4 aromatic rings. The van der Waals surface area contributed by atoms with E-state index in [0.29, 0.717) is 23.3 Å². The van der Waals surface area contributed by atoms with Gasteiger partial charge in [-0.3, -0.25) is 14.3 Å². The number of imidazole rings is 1. The number of carbonyl (C=O) groups is 1. The van der Waals surface area contributed by atoms with Gasteiger partial charge < -0.3 is 5.32 Å². The first-order valence-electron chi connectivity index (χ1n) is 8.55. The van der Waals surface area contributed by atoms with Crippen LogP contribution in [0.3, 0.4) is 0 Å². The van der Waals surface area contributed by atoms with Crippen LogP contribution in [0.2, 0.25) is 0 Å². The number of nitrogens with one attached hydrogen (secondary N) is 1. The minimum Gasteiger partial charge on any atom is -0.346 e. The number of hydrogen-bond acceptors (Lipinski definition) is 3. The maximum Gasteiger partial charge on any atom is 0.251 e. The van der Waals surface area contributed by atoms with Crippen molar-refractivity contribution >= 4 is 16.9 Å². The Bertz CT molecular complexity index is 1120. The molecule has 0 aliphatic heterocycles. The summed E-state index contributed by atoms with van der Waals surface area (Å²) in [6, 6.07) is 17.2. The van der Waals surface area contributed by atoms with E-state index in [2.05, 4.69) is 15.3 Å². The molecule has 0 atom stereocenters. The minimum absolute atomic E-state index is 0.194. The summed E-state index contributed by atoms with van der Waals surface area (Å²) in [5.74, 6) is 0.224. The number of fused-ring (bicyclic) bond motifs is 1. The van der Waals surface area contributed by atoms with Gasteiger partial charge in [-0.05, 0) is 55.5 Å². The quantitative estimate of drug-likeness (QED) is 0.602. The highest BCUT2D eigenvalue weighted by molar-refractivity contribution is 5.97. The number of amides is 1. The molecule has 0 aliphatic rings. The number of hydrogen-bond donors (Lipinski definition) is 1. The summed E-state index contributed by atoms with van der Waals surface area (Å²) >= 11 is 0. The fourth-order valence-corrected chi connectivity index (χ4v) is 3.06. The predicted octanol–water partition coefficient (Wildman–Crippen LogP) is 3.80. The van der Waals surface area contributed by atoms with Crippen LogP contribution in [0.5, 0.6) is 0 Å². The Labute approximate surface area is 155 Å². The normalized spacial score (nSPS) is 10.9. The van der Waals surface area contributed by atoms with Gasteiger partial charge in [-0.25, -0.2) is 9.37 Å². The summed E-state index contributed by atoms with van der Waals surface area (Å²) in [6.45, 7) is 2.21. The zero-order chi connectivity index (χ0) is 18.8. The molecule has 0 bridgehead atoms. The van der Waals surface area contributed by atoms with Gasteiger partial charge in [0.15, 0.2) is 0 Å². The Kier molecular flexibility index (Phi) is 4.38. The largest absolute Gasteiger partial charge is 0.346 e. The highest BCUT2D eigenvalue weighted by Crippen LogP contribution is 2.23. The molecule has 5 nitrogen and oxygen atoms in total. The molecule has 0 radical (unpaired) electrons. The molecule has 1 amide bonds. The first-order valence-corrected chi connectivity index (χ1v) is 8.55. The maximum atomic E-state index is 13.6. The molecule has 27 heavy (non-hydrogen) atoms. The van der Waals surface area contributed by atoms with Crippen LogP contribution in [-0.2, 0) is 6.54 Å². The molecule has 134 valence electrons. The van der Waals surface area contributed by atoms with Crippen LogP contribution in [0.4, 0.5) is 4.39 Å². The fraction of sp³-hybridized carbons (Fsp3) is 0.0952. The van der Waals surface area contributed by atoms with Crippen molar-refractivity contribution in [1.82, 2.24) is 19.9 Å². The lowest BCUT2D eigenvalue weighted by Crippen LogP contribution is -2.23.